The van der Waals surface area contributed by atoms with E-state index in [9.17, 15) is 9.59 Å². The molecule has 1 aliphatic rings. The molecular weight excluding hydrogens is 286 g/mol. The van der Waals surface area contributed by atoms with Crippen molar-refractivity contribution in [2.75, 3.05) is 23.9 Å². The molecule has 8 heteroatoms. The Morgan fingerprint density at radius 3 is 2.82 bits per heavy atom. The molecular formula is C14H15N5O3. The number of H-pyrrole nitrogens is 1. The zero-order valence-electron chi connectivity index (χ0n) is 11.9. The fourth-order valence-corrected chi connectivity index (χ4v) is 2.38. The first kappa shape index (κ1) is 14.1. The normalized spacial score (nSPS) is 17.6. The number of carbonyl (C=O) groups is 2. The van der Waals surface area contributed by atoms with E-state index in [1.54, 1.807) is 36.3 Å². The second kappa shape index (κ2) is 5.84. The lowest BCUT2D eigenvalue weighted by molar-refractivity contribution is -0.122. The summed E-state index contributed by atoms with van der Waals surface area (Å²) in [5.41, 5.74) is 0.751. The van der Waals surface area contributed by atoms with Crippen LogP contribution in [-0.4, -0.2) is 40.7 Å². The number of carbonyl (C=O) groups excluding carboxylic acids is 2. The van der Waals surface area contributed by atoms with E-state index in [0.29, 0.717) is 6.54 Å². The molecule has 1 unspecified atom stereocenters. The van der Waals surface area contributed by atoms with Gasteiger partial charge in [-0.15, -0.1) is 0 Å². The summed E-state index contributed by atoms with van der Waals surface area (Å²) in [5.74, 6) is 0.249. The van der Waals surface area contributed by atoms with E-state index in [4.69, 9.17) is 4.74 Å². The minimum atomic E-state index is -0.417. The number of amides is 2. The van der Waals surface area contributed by atoms with E-state index < -0.39 is 5.92 Å². The fraction of sp³-hybridized carbons (Fsp3) is 0.286. The number of nitrogens with one attached hydrogen (secondary N) is 2. The highest BCUT2D eigenvalue weighted by molar-refractivity contribution is 6.03. The van der Waals surface area contributed by atoms with Gasteiger partial charge in [-0.05, 0) is 24.3 Å². The number of hydrogen-bond donors (Lipinski definition) is 2. The Balaban J connectivity index is 1.68. The molecule has 2 aromatic rings. The van der Waals surface area contributed by atoms with Crippen LogP contribution in [0, 0.1) is 5.92 Å². The molecule has 0 saturated carbocycles. The van der Waals surface area contributed by atoms with Crippen molar-refractivity contribution < 1.29 is 14.3 Å². The second-order valence-corrected chi connectivity index (χ2v) is 4.93. The molecule has 2 N–H and O–H groups in total. The molecule has 114 valence electrons. The molecule has 1 atom stereocenters. The number of anilines is 2. The standard InChI is InChI=1S/C14H15N5O3/c1-22-11-4-2-10(3-5-11)19-7-9(6-12(19)20)13(21)17-14-15-8-16-18-14/h2-5,8-9H,6-7H2,1H3,(H2,15,16,17,18,21). The van der Waals surface area contributed by atoms with E-state index in [0.717, 1.165) is 11.4 Å². The quantitative estimate of drug-likeness (QED) is 0.870. The Kier molecular flexibility index (Phi) is 3.73. The minimum Gasteiger partial charge on any atom is -0.497 e. The van der Waals surface area contributed by atoms with Gasteiger partial charge in [0.2, 0.25) is 17.8 Å². The molecule has 0 spiro atoms. The van der Waals surface area contributed by atoms with Gasteiger partial charge in [0.25, 0.3) is 0 Å². The van der Waals surface area contributed by atoms with Crippen LogP contribution < -0.4 is 15.0 Å². The summed E-state index contributed by atoms with van der Waals surface area (Å²) < 4.78 is 5.09. The molecule has 1 saturated heterocycles. The number of rotatable bonds is 4. The molecule has 0 bridgehead atoms. The Bertz CT molecular complexity index is 668. The van der Waals surface area contributed by atoms with Crippen LogP contribution in [0.2, 0.25) is 0 Å². The maximum Gasteiger partial charge on any atom is 0.232 e. The topological polar surface area (TPSA) is 100 Å². The molecule has 2 heterocycles. The van der Waals surface area contributed by atoms with Crippen LogP contribution >= 0.6 is 0 Å². The Hall–Kier alpha value is -2.90. The summed E-state index contributed by atoms with van der Waals surface area (Å²) in [7, 11) is 1.58. The van der Waals surface area contributed by atoms with Crippen molar-refractivity contribution in [1.29, 1.82) is 0 Å². The van der Waals surface area contributed by atoms with Gasteiger partial charge in [0.05, 0.1) is 13.0 Å². The van der Waals surface area contributed by atoms with E-state index in [2.05, 4.69) is 20.5 Å². The molecule has 2 amide bonds. The van der Waals surface area contributed by atoms with Gasteiger partial charge in [-0.2, -0.15) is 10.1 Å². The van der Waals surface area contributed by atoms with E-state index in [-0.39, 0.29) is 24.2 Å². The first-order valence-electron chi connectivity index (χ1n) is 6.78. The van der Waals surface area contributed by atoms with Gasteiger partial charge in [-0.3, -0.25) is 14.9 Å². The Morgan fingerprint density at radius 2 is 2.18 bits per heavy atom. The van der Waals surface area contributed by atoms with Crippen molar-refractivity contribution in [3.05, 3.63) is 30.6 Å². The van der Waals surface area contributed by atoms with Gasteiger partial charge < -0.3 is 9.64 Å². The summed E-state index contributed by atoms with van der Waals surface area (Å²) in [6, 6.07) is 7.16. The SMILES string of the molecule is COc1ccc(N2CC(C(=O)Nc3ncn[nH]3)CC2=O)cc1. The minimum absolute atomic E-state index is 0.0807. The number of nitrogens with zero attached hydrogens (tertiary/aromatic N) is 3. The zero-order valence-corrected chi connectivity index (χ0v) is 11.9. The van der Waals surface area contributed by atoms with E-state index >= 15 is 0 Å². The first-order chi connectivity index (χ1) is 10.7. The lowest BCUT2D eigenvalue weighted by Crippen LogP contribution is -2.28. The average molecular weight is 301 g/mol. The van der Waals surface area contributed by atoms with Crippen LogP contribution in [0.25, 0.3) is 0 Å². The lowest BCUT2D eigenvalue weighted by Gasteiger charge is -2.16. The predicted octanol–water partition coefficient (Wildman–Crippen LogP) is 0.805. The average Bonchev–Trinajstić information content (AvgIpc) is 3.17. The summed E-state index contributed by atoms with van der Waals surface area (Å²) in [6.45, 7) is 0.338. The molecule has 22 heavy (non-hydrogen) atoms. The summed E-state index contributed by atoms with van der Waals surface area (Å²) >= 11 is 0. The Labute approximate surface area is 126 Å². The maximum absolute atomic E-state index is 12.1. The smallest absolute Gasteiger partial charge is 0.232 e. The highest BCUT2D eigenvalue weighted by atomic mass is 16.5. The largest absolute Gasteiger partial charge is 0.497 e. The van der Waals surface area contributed by atoms with Crippen LogP contribution in [0.1, 0.15) is 6.42 Å². The molecule has 0 radical (unpaired) electrons. The van der Waals surface area contributed by atoms with Crippen molar-refractivity contribution in [3.63, 3.8) is 0 Å². The molecule has 1 aromatic heterocycles. The van der Waals surface area contributed by atoms with Crippen LogP contribution in [0.5, 0.6) is 5.75 Å². The number of benzene rings is 1. The number of ether oxygens (including phenoxy) is 1. The van der Waals surface area contributed by atoms with Crippen molar-refractivity contribution in [2.24, 2.45) is 5.92 Å². The third-order valence-corrected chi connectivity index (χ3v) is 3.54. The number of hydrogen-bond acceptors (Lipinski definition) is 5. The third-order valence-electron chi connectivity index (χ3n) is 3.54. The van der Waals surface area contributed by atoms with Gasteiger partial charge >= 0.3 is 0 Å². The first-order valence-corrected chi connectivity index (χ1v) is 6.78. The maximum atomic E-state index is 12.1. The number of aromatic amines is 1. The van der Waals surface area contributed by atoms with Gasteiger partial charge in [-0.25, -0.2) is 5.10 Å². The van der Waals surface area contributed by atoms with Gasteiger partial charge in [-0.1, -0.05) is 0 Å². The second-order valence-electron chi connectivity index (χ2n) is 4.93. The van der Waals surface area contributed by atoms with E-state index in [1.165, 1.54) is 6.33 Å². The van der Waals surface area contributed by atoms with Crippen molar-refractivity contribution >= 4 is 23.5 Å². The number of aromatic nitrogens is 3. The van der Waals surface area contributed by atoms with Gasteiger partial charge in [0.15, 0.2) is 0 Å². The zero-order chi connectivity index (χ0) is 15.5. The van der Waals surface area contributed by atoms with Crippen molar-refractivity contribution in [1.82, 2.24) is 15.2 Å². The summed E-state index contributed by atoms with van der Waals surface area (Å²) in [5, 5.41) is 8.82. The Morgan fingerprint density at radius 1 is 1.41 bits per heavy atom. The monoisotopic (exact) mass is 301 g/mol. The summed E-state index contributed by atoms with van der Waals surface area (Å²) in [4.78, 5) is 29.7. The molecule has 3 rings (SSSR count). The molecule has 1 aromatic carbocycles. The predicted molar refractivity (Wildman–Crippen MR) is 78.5 cm³/mol. The van der Waals surface area contributed by atoms with Gasteiger partial charge in [0, 0.05) is 18.7 Å². The van der Waals surface area contributed by atoms with Crippen LogP contribution in [0.3, 0.4) is 0 Å². The number of methoxy groups -OCH3 is 1. The summed E-state index contributed by atoms with van der Waals surface area (Å²) in [6.07, 6.45) is 1.48. The fourth-order valence-electron chi connectivity index (χ4n) is 2.38. The molecule has 1 fully saturated rings. The highest BCUT2D eigenvalue weighted by Crippen LogP contribution is 2.27. The lowest BCUT2D eigenvalue weighted by atomic mass is 10.1. The molecule has 1 aliphatic heterocycles. The van der Waals surface area contributed by atoms with Crippen LogP contribution in [-0.2, 0) is 9.59 Å². The van der Waals surface area contributed by atoms with Gasteiger partial charge in [0.1, 0.15) is 12.1 Å². The van der Waals surface area contributed by atoms with Crippen molar-refractivity contribution in [2.45, 2.75) is 6.42 Å². The molecule has 0 aliphatic carbocycles. The highest BCUT2D eigenvalue weighted by Gasteiger charge is 2.35. The third kappa shape index (κ3) is 2.76. The van der Waals surface area contributed by atoms with Crippen LogP contribution in [0.15, 0.2) is 30.6 Å². The van der Waals surface area contributed by atoms with Crippen molar-refractivity contribution in [3.8, 4) is 5.75 Å². The van der Waals surface area contributed by atoms with Crippen LogP contribution in [0.4, 0.5) is 11.6 Å². The molecule has 8 nitrogen and oxygen atoms in total. The van der Waals surface area contributed by atoms with E-state index in [1.807, 2.05) is 0 Å².